The Morgan fingerprint density at radius 3 is 2.38 bits per heavy atom. The first-order chi connectivity index (χ1) is 16.2. The number of phenolic OH excluding ortho intramolecular Hbond substituents is 1. The number of fused-ring (bicyclic) bond motifs is 1. The van der Waals surface area contributed by atoms with Gasteiger partial charge in [-0.15, -0.1) is 23.7 Å². The van der Waals surface area contributed by atoms with Crippen LogP contribution in [0.5, 0.6) is 23.0 Å². The lowest BCUT2D eigenvalue weighted by molar-refractivity contribution is 0.183. The molecule has 1 fully saturated rings. The van der Waals surface area contributed by atoms with Gasteiger partial charge in [-0.25, -0.2) is 0 Å². The molecule has 178 valence electrons. The molecule has 0 spiro atoms. The minimum Gasteiger partial charge on any atom is -0.508 e. The van der Waals surface area contributed by atoms with E-state index in [0.717, 1.165) is 45.0 Å². The summed E-state index contributed by atoms with van der Waals surface area (Å²) in [6.07, 6.45) is 3.95. The van der Waals surface area contributed by atoms with Crippen molar-refractivity contribution >= 4 is 34.5 Å². The highest BCUT2D eigenvalue weighted by molar-refractivity contribution is 7.15. The number of hydrogen-bond donors (Lipinski definition) is 1. The number of likely N-dealkylation sites (tertiary alicyclic amines) is 1. The van der Waals surface area contributed by atoms with E-state index >= 15 is 0 Å². The number of nitrogens with zero attached hydrogens (tertiary/aromatic N) is 1. The minimum absolute atomic E-state index is 0. The van der Waals surface area contributed by atoms with Crippen molar-refractivity contribution in [2.24, 2.45) is 0 Å². The first kappa shape index (κ1) is 24.4. The van der Waals surface area contributed by atoms with Crippen LogP contribution in [0, 0.1) is 6.92 Å². The first-order valence-corrected chi connectivity index (χ1v) is 12.4. The van der Waals surface area contributed by atoms with Crippen LogP contribution >= 0.6 is 23.7 Å². The molecule has 2 heterocycles. The molecule has 0 bridgehead atoms. The molecule has 3 aromatic carbocycles. The fraction of sp³-hybridized carbons (Fsp3) is 0.286. The van der Waals surface area contributed by atoms with Crippen LogP contribution in [-0.2, 0) is 0 Å². The number of halogens is 1. The zero-order chi connectivity index (χ0) is 22.6. The van der Waals surface area contributed by atoms with Gasteiger partial charge in [-0.1, -0.05) is 12.5 Å². The molecule has 5 rings (SSSR count). The summed E-state index contributed by atoms with van der Waals surface area (Å²) in [7, 11) is 0. The second-order valence-electron chi connectivity index (χ2n) is 8.58. The Labute approximate surface area is 211 Å². The second kappa shape index (κ2) is 11.1. The van der Waals surface area contributed by atoms with Crippen LogP contribution in [0.4, 0.5) is 0 Å². The van der Waals surface area contributed by atoms with Gasteiger partial charge >= 0.3 is 0 Å². The first-order valence-electron chi connectivity index (χ1n) is 11.6. The van der Waals surface area contributed by atoms with Gasteiger partial charge in [-0.3, -0.25) is 4.90 Å². The molecule has 4 aromatic rings. The molecule has 0 aliphatic carbocycles. The Morgan fingerprint density at radius 1 is 0.882 bits per heavy atom. The van der Waals surface area contributed by atoms with Gasteiger partial charge in [-0.2, -0.15) is 0 Å². The van der Waals surface area contributed by atoms with E-state index in [2.05, 4.69) is 30.0 Å². The predicted molar refractivity (Wildman–Crippen MR) is 143 cm³/mol. The Hall–Kier alpha value is -2.73. The summed E-state index contributed by atoms with van der Waals surface area (Å²) in [6.45, 7) is 6.16. The summed E-state index contributed by atoms with van der Waals surface area (Å²) in [5, 5.41) is 11.8. The Kier molecular flexibility index (Phi) is 7.99. The van der Waals surface area contributed by atoms with Crippen LogP contribution < -0.4 is 9.47 Å². The minimum atomic E-state index is 0. The van der Waals surface area contributed by atoms with Gasteiger partial charge < -0.3 is 14.6 Å². The van der Waals surface area contributed by atoms with E-state index in [9.17, 15) is 5.11 Å². The topological polar surface area (TPSA) is 41.9 Å². The van der Waals surface area contributed by atoms with Crippen LogP contribution in [0.15, 0.2) is 66.7 Å². The van der Waals surface area contributed by atoms with Gasteiger partial charge in [0.2, 0.25) is 0 Å². The highest BCUT2D eigenvalue weighted by Gasteiger charge is 2.15. The van der Waals surface area contributed by atoms with Gasteiger partial charge in [-0.05, 0) is 98.9 Å². The fourth-order valence-electron chi connectivity index (χ4n) is 4.37. The smallest absolute Gasteiger partial charge is 0.143 e. The maximum atomic E-state index is 9.93. The van der Waals surface area contributed by atoms with Gasteiger partial charge in [0.1, 0.15) is 29.6 Å². The average Bonchev–Trinajstić information content (AvgIpc) is 3.27. The van der Waals surface area contributed by atoms with E-state index in [-0.39, 0.29) is 18.2 Å². The van der Waals surface area contributed by atoms with E-state index in [0.29, 0.717) is 6.61 Å². The normalized spacial score (nSPS) is 14.0. The molecule has 1 N–H and O–H groups in total. The molecule has 0 saturated carbocycles. The van der Waals surface area contributed by atoms with Crippen molar-refractivity contribution in [3.05, 3.63) is 71.6 Å². The van der Waals surface area contributed by atoms with Crippen molar-refractivity contribution in [1.82, 2.24) is 4.90 Å². The van der Waals surface area contributed by atoms with Gasteiger partial charge in [0.25, 0.3) is 0 Å². The summed E-state index contributed by atoms with van der Waals surface area (Å²) in [6, 6.07) is 21.6. The summed E-state index contributed by atoms with van der Waals surface area (Å²) in [4.78, 5) is 4.90. The summed E-state index contributed by atoms with van der Waals surface area (Å²) < 4.78 is 12.4. The van der Waals surface area contributed by atoms with Gasteiger partial charge in [0, 0.05) is 27.2 Å². The highest BCUT2D eigenvalue weighted by atomic mass is 35.5. The summed E-state index contributed by atoms with van der Waals surface area (Å²) in [5.74, 6) is 2.66. The number of thiophene rings is 1. The predicted octanol–water partition coefficient (Wildman–Crippen LogP) is 7.66. The van der Waals surface area contributed by atoms with E-state index < -0.39 is 0 Å². The maximum absolute atomic E-state index is 9.93. The van der Waals surface area contributed by atoms with E-state index in [1.54, 1.807) is 23.5 Å². The van der Waals surface area contributed by atoms with Crippen LogP contribution in [0.25, 0.3) is 21.2 Å². The molecule has 1 aliphatic rings. The number of piperidine rings is 1. The lowest BCUT2D eigenvalue weighted by Gasteiger charge is -2.26. The van der Waals surface area contributed by atoms with Crippen molar-refractivity contribution in [3.8, 4) is 33.4 Å². The van der Waals surface area contributed by atoms with Crippen molar-refractivity contribution in [2.75, 3.05) is 26.2 Å². The van der Waals surface area contributed by atoms with Gasteiger partial charge in [0.15, 0.2) is 0 Å². The standard InChI is InChI=1S/C28H29NO3S.ClH/c1-20-5-14-27(33-20)26-12-6-21-19-22(30)7-13-25(21)28(26)32-24-10-8-23(9-11-24)31-18-17-29-15-3-2-4-16-29;/h5-14,19,30H,2-4,15-18H2,1H3;1H. The molecule has 1 aromatic heterocycles. The maximum Gasteiger partial charge on any atom is 0.143 e. The number of rotatable bonds is 7. The lowest BCUT2D eigenvalue weighted by atomic mass is 10.0. The van der Waals surface area contributed by atoms with Crippen LogP contribution in [0.3, 0.4) is 0 Å². The Morgan fingerprint density at radius 2 is 1.65 bits per heavy atom. The largest absolute Gasteiger partial charge is 0.508 e. The molecule has 1 aliphatic heterocycles. The van der Waals surface area contributed by atoms with Gasteiger partial charge in [0.05, 0.1) is 0 Å². The number of hydrogen-bond acceptors (Lipinski definition) is 5. The van der Waals surface area contributed by atoms with Crippen LogP contribution in [0.1, 0.15) is 24.1 Å². The second-order valence-corrected chi connectivity index (χ2v) is 9.87. The Balaban J connectivity index is 0.00000274. The highest BCUT2D eigenvalue weighted by Crippen LogP contribution is 2.42. The number of aryl methyl sites for hydroxylation is 1. The van der Waals surface area contributed by atoms with Crippen LogP contribution in [-0.4, -0.2) is 36.2 Å². The zero-order valence-corrected chi connectivity index (χ0v) is 21.0. The van der Waals surface area contributed by atoms with E-state index in [4.69, 9.17) is 9.47 Å². The van der Waals surface area contributed by atoms with Crippen molar-refractivity contribution in [3.63, 3.8) is 0 Å². The molecule has 1 saturated heterocycles. The number of benzene rings is 3. The fourth-order valence-corrected chi connectivity index (χ4v) is 5.26. The third-order valence-electron chi connectivity index (χ3n) is 6.13. The molecular weight excluding hydrogens is 466 g/mol. The molecule has 0 unspecified atom stereocenters. The number of ether oxygens (including phenoxy) is 2. The summed E-state index contributed by atoms with van der Waals surface area (Å²) in [5.41, 5.74) is 1.05. The van der Waals surface area contributed by atoms with Crippen molar-refractivity contribution in [2.45, 2.75) is 26.2 Å². The SMILES string of the molecule is Cc1ccc(-c2ccc3cc(O)ccc3c2Oc2ccc(OCCN3CCCCC3)cc2)s1.Cl. The molecule has 0 atom stereocenters. The lowest BCUT2D eigenvalue weighted by Crippen LogP contribution is -2.33. The third-order valence-corrected chi connectivity index (χ3v) is 7.16. The monoisotopic (exact) mass is 495 g/mol. The molecule has 0 radical (unpaired) electrons. The number of aromatic hydroxyl groups is 1. The third kappa shape index (κ3) is 5.66. The van der Waals surface area contributed by atoms with Crippen LogP contribution in [0.2, 0.25) is 0 Å². The quantitative estimate of drug-likeness (QED) is 0.285. The molecular formula is C28H30ClNO3S. The zero-order valence-electron chi connectivity index (χ0n) is 19.3. The van der Waals surface area contributed by atoms with E-state index in [1.807, 2.05) is 36.4 Å². The summed E-state index contributed by atoms with van der Waals surface area (Å²) >= 11 is 1.75. The van der Waals surface area contributed by atoms with E-state index in [1.165, 1.54) is 37.2 Å². The molecule has 34 heavy (non-hydrogen) atoms. The molecule has 6 heteroatoms. The Bertz CT molecular complexity index is 1230. The average molecular weight is 496 g/mol. The van der Waals surface area contributed by atoms with Crippen molar-refractivity contribution in [1.29, 1.82) is 0 Å². The molecule has 4 nitrogen and oxygen atoms in total. The van der Waals surface area contributed by atoms with Crippen molar-refractivity contribution < 1.29 is 14.6 Å². The number of phenols is 1. The molecule has 0 amide bonds.